The number of aldehydes is 1. The molecule has 1 N–H and O–H groups in total. The van der Waals surface area contributed by atoms with Crippen LogP contribution in [0.5, 0.6) is 5.75 Å². The first-order chi connectivity index (χ1) is 10.2. The van der Waals surface area contributed by atoms with Gasteiger partial charge in [-0.3, -0.25) is 9.59 Å². The zero-order valence-corrected chi connectivity index (χ0v) is 12.3. The smallest absolute Gasteiger partial charge is 0.258 e. The van der Waals surface area contributed by atoms with Crippen LogP contribution in [0.3, 0.4) is 0 Å². The second-order valence-corrected chi connectivity index (χ2v) is 4.98. The van der Waals surface area contributed by atoms with Crippen molar-refractivity contribution in [3.63, 3.8) is 0 Å². The fraction of sp³-hybridized carbons (Fsp3) is 0.294. The van der Waals surface area contributed by atoms with Crippen molar-refractivity contribution in [2.45, 2.75) is 26.3 Å². The van der Waals surface area contributed by atoms with Crippen LogP contribution in [0.25, 0.3) is 10.8 Å². The number of ether oxygens (including phenoxy) is 1. The highest BCUT2D eigenvalue weighted by Crippen LogP contribution is 2.26. The van der Waals surface area contributed by atoms with Gasteiger partial charge in [0.2, 0.25) is 0 Å². The third kappa shape index (κ3) is 3.60. The molecule has 0 heterocycles. The molecule has 0 aromatic heterocycles. The van der Waals surface area contributed by atoms with Gasteiger partial charge in [-0.1, -0.05) is 37.3 Å². The van der Waals surface area contributed by atoms with Gasteiger partial charge >= 0.3 is 0 Å². The molecule has 0 spiro atoms. The highest BCUT2D eigenvalue weighted by atomic mass is 16.5. The number of nitrogens with one attached hydrogen (secondary N) is 1. The van der Waals surface area contributed by atoms with Crippen LogP contribution in [-0.2, 0) is 4.79 Å². The number of benzene rings is 2. The summed E-state index contributed by atoms with van der Waals surface area (Å²) in [7, 11) is 0. The number of fused-ring (bicyclic) bond motifs is 1. The Labute approximate surface area is 124 Å². The summed E-state index contributed by atoms with van der Waals surface area (Å²) < 4.78 is 5.50. The molecule has 4 heteroatoms. The van der Waals surface area contributed by atoms with E-state index in [1.165, 1.54) is 0 Å². The Morgan fingerprint density at radius 1 is 1.29 bits per heavy atom. The summed E-state index contributed by atoms with van der Waals surface area (Å²) in [5.74, 6) is 0.248. The maximum Gasteiger partial charge on any atom is 0.258 e. The van der Waals surface area contributed by atoms with Crippen molar-refractivity contribution >= 4 is 23.0 Å². The molecule has 0 aliphatic heterocycles. The SMILES string of the molecule is CC[C@H](C)NC(=O)COc1ccc2ccccc2c1C=O. The van der Waals surface area contributed by atoms with Gasteiger partial charge in [0, 0.05) is 6.04 Å². The highest BCUT2D eigenvalue weighted by Gasteiger charge is 2.11. The lowest BCUT2D eigenvalue weighted by Crippen LogP contribution is -2.35. The number of carbonyl (C=O) groups is 2. The lowest BCUT2D eigenvalue weighted by atomic mass is 10.0. The molecule has 0 aliphatic rings. The van der Waals surface area contributed by atoms with E-state index in [0.717, 1.165) is 23.5 Å². The summed E-state index contributed by atoms with van der Waals surface area (Å²) in [5, 5.41) is 4.62. The maximum atomic E-state index is 11.7. The predicted octanol–water partition coefficient (Wildman–Crippen LogP) is 2.95. The van der Waals surface area contributed by atoms with Gasteiger partial charge in [-0.2, -0.15) is 0 Å². The number of carbonyl (C=O) groups excluding carboxylic acids is 2. The number of hydrogen-bond acceptors (Lipinski definition) is 3. The molecule has 2 aromatic carbocycles. The molecule has 0 saturated carbocycles. The van der Waals surface area contributed by atoms with Crippen molar-refractivity contribution < 1.29 is 14.3 Å². The van der Waals surface area contributed by atoms with Crippen molar-refractivity contribution in [2.75, 3.05) is 6.61 Å². The van der Waals surface area contributed by atoms with Gasteiger partial charge < -0.3 is 10.1 Å². The predicted molar refractivity (Wildman–Crippen MR) is 82.7 cm³/mol. The van der Waals surface area contributed by atoms with E-state index < -0.39 is 0 Å². The molecule has 0 radical (unpaired) electrons. The molecule has 2 rings (SSSR count). The minimum atomic E-state index is -0.186. The van der Waals surface area contributed by atoms with E-state index in [9.17, 15) is 9.59 Å². The number of amides is 1. The van der Waals surface area contributed by atoms with Crippen LogP contribution in [-0.4, -0.2) is 24.8 Å². The van der Waals surface area contributed by atoms with Crippen LogP contribution < -0.4 is 10.1 Å². The monoisotopic (exact) mass is 285 g/mol. The summed E-state index contributed by atoms with van der Waals surface area (Å²) in [6.07, 6.45) is 1.63. The van der Waals surface area contributed by atoms with E-state index in [4.69, 9.17) is 4.74 Å². The molecule has 4 nitrogen and oxygen atoms in total. The summed E-state index contributed by atoms with van der Waals surface area (Å²) in [6, 6.07) is 11.3. The third-order valence-corrected chi connectivity index (χ3v) is 3.43. The summed E-state index contributed by atoms with van der Waals surface area (Å²) in [5.41, 5.74) is 0.476. The highest BCUT2D eigenvalue weighted by molar-refractivity contribution is 6.00. The molecule has 0 saturated heterocycles. The Hall–Kier alpha value is -2.36. The van der Waals surface area contributed by atoms with Gasteiger partial charge in [0.1, 0.15) is 5.75 Å². The van der Waals surface area contributed by atoms with Crippen molar-refractivity contribution in [1.82, 2.24) is 5.32 Å². The second-order valence-electron chi connectivity index (χ2n) is 4.98. The molecule has 2 aromatic rings. The molecule has 21 heavy (non-hydrogen) atoms. The quantitative estimate of drug-likeness (QED) is 0.830. The van der Waals surface area contributed by atoms with Gasteiger partial charge in [0.15, 0.2) is 12.9 Å². The Balaban J connectivity index is 2.15. The number of hydrogen-bond donors (Lipinski definition) is 1. The lowest BCUT2D eigenvalue weighted by Gasteiger charge is -2.13. The van der Waals surface area contributed by atoms with Gasteiger partial charge in [0.05, 0.1) is 5.56 Å². The fourth-order valence-corrected chi connectivity index (χ4v) is 2.08. The van der Waals surface area contributed by atoms with Crippen LogP contribution in [0.4, 0.5) is 0 Å². The molecule has 0 fully saturated rings. The van der Waals surface area contributed by atoms with E-state index >= 15 is 0 Å². The first kappa shape index (κ1) is 15.0. The van der Waals surface area contributed by atoms with Crippen LogP contribution in [0.2, 0.25) is 0 Å². The van der Waals surface area contributed by atoms with Crippen molar-refractivity contribution in [3.8, 4) is 5.75 Å². The van der Waals surface area contributed by atoms with Crippen molar-refractivity contribution in [1.29, 1.82) is 0 Å². The van der Waals surface area contributed by atoms with Crippen LogP contribution in [0.15, 0.2) is 36.4 Å². The minimum absolute atomic E-state index is 0.0937. The fourth-order valence-electron chi connectivity index (χ4n) is 2.08. The third-order valence-electron chi connectivity index (χ3n) is 3.43. The first-order valence-electron chi connectivity index (χ1n) is 7.04. The van der Waals surface area contributed by atoms with E-state index in [0.29, 0.717) is 11.3 Å². The Kier molecular flexibility index (Phi) is 4.93. The summed E-state index contributed by atoms with van der Waals surface area (Å²) in [6.45, 7) is 3.84. The largest absolute Gasteiger partial charge is 0.483 e. The van der Waals surface area contributed by atoms with E-state index in [-0.39, 0.29) is 18.6 Å². The normalized spacial score (nSPS) is 11.9. The molecular formula is C17H19NO3. The Bertz CT molecular complexity index is 652. The zero-order valence-electron chi connectivity index (χ0n) is 12.3. The van der Waals surface area contributed by atoms with Crippen LogP contribution in [0, 0.1) is 0 Å². The summed E-state index contributed by atoms with van der Waals surface area (Å²) >= 11 is 0. The first-order valence-corrected chi connectivity index (χ1v) is 7.04. The second kappa shape index (κ2) is 6.88. The Morgan fingerprint density at radius 3 is 2.76 bits per heavy atom. The zero-order chi connectivity index (χ0) is 15.2. The number of rotatable bonds is 6. The standard InChI is InChI=1S/C17H19NO3/c1-3-12(2)18-17(20)11-21-16-9-8-13-6-4-5-7-14(13)15(16)10-19/h4-10,12H,3,11H2,1-2H3,(H,18,20)/t12-/m0/s1. The Morgan fingerprint density at radius 2 is 2.05 bits per heavy atom. The minimum Gasteiger partial charge on any atom is -0.483 e. The molecule has 0 aliphatic carbocycles. The maximum absolute atomic E-state index is 11.7. The molecular weight excluding hydrogens is 266 g/mol. The van der Waals surface area contributed by atoms with E-state index in [1.54, 1.807) is 6.07 Å². The molecule has 110 valence electrons. The van der Waals surface area contributed by atoms with Gasteiger partial charge in [0.25, 0.3) is 5.91 Å². The van der Waals surface area contributed by atoms with E-state index in [1.807, 2.05) is 44.2 Å². The average Bonchev–Trinajstić information content (AvgIpc) is 2.52. The summed E-state index contributed by atoms with van der Waals surface area (Å²) in [4.78, 5) is 23.1. The van der Waals surface area contributed by atoms with Gasteiger partial charge in [-0.25, -0.2) is 0 Å². The molecule has 0 bridgehead atoms. The average molecular weight is 285 g/mol. The van der Waals surface area contributed by atoms with Crippen molar-refractivity contribution in [2.24, 2.45) is 0 Å². The molecule has 1 atom stereocenters. The topological polar surface area (TPSA) is 55.4 Å². The van der Waals surface area contributed by atoms with Gasteiger partial charge in [-0.15, -0.1) is 0 Å². The van der Waals surface area contributed by atoms with Crippen LogP contribution in [0.1, 0.15) is 30.6 Å². The van der Waals surface area contributed by atoms with Gasteiger partial charge in [-0.05, 0) is 30.2 Å². The molecule has 0 unspecified atom stereocenters. The lowest BCUT2D eigenvalue weighted by molar-refractivity contribution is -0.123. The van der Waals surface area contributed by atoms with Crippen LogP contribution >= 0.6 is 0 Å². The van der Waals surface area contributed by atoms with E-state index in [2.05, 4.69) is 5.32 Å². The van der Waals surface area contributed by atoms with Crippen molar-refractivity contribution in [3.05, 3.63) is 42.0 Å². The molecule has 1 amide bonds.